The Balaban J connectivity index is 2.05. The molecule has 6 N–H and O–H groups in total. The standard InChI is InChI=1S/C23H22N4O2/c1-15-2-4-16(5-3-15)14-21(17-6-10-19(11-7-17)22(28)26-24)18-8-12-20(13-9-18)23(29)27-25/h2-14H,24-25H2,1H3,(H,26,28)(H,27,29). The SMILES string of the molecule is Cc1ccc(C=C(c2ccc(C(=O)NN)cc2)c2ccc(C(=O)NN)cc2)cc1. The van der Waals surface area contributed by atoms with Crippen molar-refractivity contribution in [3.05, 3.63) is 106 Å². The summed E-state index contributed by atoms with van der Waals surface area (Å²) in [6.45, 7) is 2.04. The minimum atomic E-state index is -0.349. The molecule has 0 spiro atoms. The number of carbonyl (C=O) groups excluding carboxylic acids is 2. The first-order chi connectivity index (χ1) is 14.0. The van der Waals surface area contributed by atoms with Gasteiger partial charge in [-0.25, -0.2) is 11.7 Å². The van der Waals surface area contributed by atoms with Gasteiger partial charge in [0.05, 0.1) is 0 Å². The van der Waals surface area contributed by atoms with Gasteiger partial charge in [-0.2, -0.15) is 0 Å². The second kappa shape index (κ2) is 8.97. The fourth-order valence-corrected chi connectivity index (χ4v) is 2.93. The predicted molar refractivity (Wildman–Crippen MR) is 114 cm³/mol. The zero-order valence-corrected chi connectivity index (χ0v) is 16.0. The van der Waals surface area contributed by atoms with Crippen molar-refractivity contribution in [1.82, 2.24) is 10.9 Å². The summed E-state index contributed by atoms with van der Waals surface area (Å²) >= 11 is 0. The highest BCUT2D eigenvalue weighted by Crippen LogP contribution is 2.27. The van der Waals surface area contributed by atoms with Crippen molar-refractivity contribution in [1.29, 1.82) is 0 Å². The number of amides is 2. The minimum Gasteiger partial charge on any atom is -0.290 e. The van der Waals surface area contributed by atoms with E-state index < -0.39 is 0 Å². The maximum Gasteiger partial charge on any atom is 0.265 e. The summed E-state index contributed by atoms with van der Waals surface area (Å²) in [5, 5.41) is 0. The molecule has 6 heteroatoms. The minimum absolute atomic E-state index is 0.349. The fourth-order valence-electron chi connectivity index (χ4n) is 2.93. The van der Waals surface area contributed by atoms with Gasteiger partial charge in [0.15, 0.2) is 0 Å². The van der Waals surface area contributed by atoms with Crippen molar-refractivity contribution < 1.29 is 9.59 Å². The Labute approximate surface area is 169 Å². The Morgan fingerprint density at radius 2 is 1.03 bits per heavy atom. The van der Waals surface area contributed by atoms with E-state index in [4.69, 9.17) is 11.7 Å². The topological polar surface area (TPSA) is 110 Å². The zero-order valence-electron chi connectivity index (χ0n) is 16.0. The fraction of sp³-hybridized carbons (Fsp3) is 0.0435. The molecule has 0 unspecified atom stereocenters. The van der Waals surface area contributed by atoms with Crippen molar-refractivity contribution in [2.45, 2.75) is 6.92 Å². The van der Waals surface area contributed by atoms with Gasteiger partial charge in [-0.3, -0.25) is 20.4 Å². The molecule has 6 nitrogen and oxygen atoms in total. The second-order valence-corrected chi connectivity index (χ2v) is 6.57. The van der Waals surface area contributed by atoms with Crippen LogP contribution in [0.25, 0.3) is 11.6 Å². The molecule has 0 saturated heterocycles. The number of hydrogen-bond acceptors (Lipinski definition) is 4. The Morgan fingerprint density at radius 1 is 0.655 bits per heavy atom. The van der Waals surface area contributed by atoms with Gasteiger partial charge < -0.3 is 0 Å². The van der Waals surface area contributed by atoms with E-state index in [1.807, 2.05) is 55.5 Å². The molecule has 0 radical (unpaired) electrons. The molecule has 0 aliphatic carbocycles. The molecule has 2 amide bonds. The molecular formula is C23H22N4O2. The number of nitrogens with two attached hydrogens (primary N) is 2. The highest BCUT2D eigenvalue weighted by atomic mass is 16.2. The van der Waals surface area contributed by atoms with Gasteiger partial charge in [0.1, 0.15) is 0 Å². The lowest BCUT2D eigenvalue weighted by Gasteiger charge is -2.11. The second-order valence-electron chi connectivity index (χ2n) is 6.57. The van der Waals surface area contributed by atoms with Gasteiger partial charge in [0.2, 0.25) is 0 Å². The summed E-state index contributed by atoms with van der Waals surface area (Å²) in [4.78, 5) is 23.4. The number of carbonyl (C=O) groups is 2. The molecule has 3 aromatic rings. The Bertz CT molecular complexity index is 976. The van der Waals surface area contributed by atoms with E-state index >= 15 is 0 Å². The van der Waals surface area contributed by atoms with Crippen LogP contribution in [0.15, 0.2) is 72.8 Å². The van der Waals surface area contributed by atoms with Gasteiger partial charge in [-0.15, -0.1) is 0 Å². The van der Waals surface area contributed by atoms with Crippen molar-refractivity contribution in [2.24, 2.45) is 11.7 Å². The molecule has 0 heterocycles. The molecule has 3 aromatic carbocycles. The lowest BCUT2D eigenvalue weighted by Crippen LogP contribution is -2.29. The van der Waals surface area contributed by atoms with Crippen molar-refractivity contribution in [3.8, 4) is 0 Å². The average Bonchev–Trinajstić information content (AvgIpc) is 2.78. The largest absolute Gasteiger partial charge is 0.290 e. The van der Waals surface area contributed by atoms with Crippen LogP contribution in [0.1, 0.15) is 43.0 Å². The van der Waals surface area contributed by atoms with E-state index in [1.165, 1.54) is 5.56 Å². The average molecular weight is 386 g/mol. The number of nitrogens with one attached hydrogen (secondary N) is 2. The van der Waals surface area contributed by atoms with E-state index in [0.29, 0.717) is 11.1 Å². The molecular weight excluding hydrogens is 364 g/mol. The Morgan fingerprint density at radius 3 is 1.41 bits per heavy atom. The molecule has 0 fully saturated rings. The number of rotatable bonds is 5. The summed E-state index contributed by atoms with van der Waals surface area (Å²) in [6, 6.07) is 22.5. The smallest absolute Gasteiger partial charge is 0.265 e. The van der Waals surface area contributed by atoms with E-state index in [0.717, 1.165) is 22.3 Å². The van der Waals surface area contributed by atoms with Crippen LogP contribution in [0.4, 0.5) is 0 Å². The third-order valence-electron chi connectivity index (χ3n) is 4.57. The van der Waals surface area contributed by atoms with E-state index in [2.05, 4.69) is 16.9 Å². The first kappa shape index (κ1) is 20.0. The monoisotopic (exact) mass is 386 g/mol. The molecule has 29 heavy (non-hydrogen) atoms. The van der Waals surface area contributed by atoms with Gasteiger partial charge >= 0.3 is 0 Å². The van der Waals surface area contributed by atoms with Crippen LogP contribution < -0.4 is 22.5 Å². The van der Waals surface area contributed by atoms with Gasteiger partial charge in [-0.1, -0.05) is 54.1 Å². The maximum absolute atomic E-state index is 11.7. The number of aryl methyl sites for hydroxylation is 1. The number of hydrogen-bond donors (Lipinski definition) is 4. The van der Waals surface area contributed by atoms with Crippen LogP contribution in [-0.4, -0.2) is 11.8 Å². The lowest BCUT2D eigenvalue weighted by atomic mass is 9.94. The molecule has 0 aromatic heterocycles. The first-order valence-electron chi connectivity index (χ1n) is 9.03. The molecule has 0 saturated carbocycles. The molecule has 0 aliphatic rings. The normalized spacial score (nSPS) is 10.2. The Kier molecular flexibility index (Phi) is 6.19. The predicted octanol–water partition coefficient (Wildman–Crippen LogP) is 2.79. The molecule has 3 rings (SSSR count). The summed E-state index contributed by atoms with van der Waals surface area (Å²) in [5.41, 5.74) is 10.2. The van der Waals surface area contributed by atoms with E-state index in [-0.39, 0.29) is 11.8 Å². The van der Waals surface area contributed by atoms with Crippen molar-refractivity contribution in [3.63, 3.8) is 0 Å². The van der Waals surface area contributed by atoms with Crippen molar-refractivity contribution in [2.75, 3.05) is 0 Å². The number of benzene rings is 3. The van der Waals surface area contributed by atoms with Crippen LogP contribution in [0.2, 0.25) is 0 Å². The van der Waals surface area contributed by atoms with Crippen LogP contribution in [0.5, 0.6) is 0 Å². The van der Waals surface area contributed by atoms with Gasteiger partial charge in [-0.05, 0) is 59.5 Å². The van der Waals surface area contributed by atoms with E-state index in [1.54, 1.807) is 24.3 Å². The quantitative estimate of drug-likeness (QED) is 0.234. The number of nitrogen functional groups attached to an aromatic ring is 2. The molecule has 0 bridgehead atoms. The number of hydrazine groups is 2. The van der Waals surface area contributed by atoms with Gasteiger partial charge in [0.25, 0.3) is 11.8 Å². The molecule has 0 aliphatic heterocycles. The first-order valence-corrected chi connectivity index (χ1v) is 9.03. The summed E-state index contributed by atoms with van der Waals surface area (Å²) in [5.74, 6) is 9.71. The third-order valence-corrected chi connectivity index (χ3v) is 4.57. The Hall–Kier alpha value is -3.74. The van der Waals surface area contributed by atoms with Gasteiger partial charge in [0, 0.05) is 11.1 Å². The summed E-state index contributed by atoms with van der Waals surface area (Å²) < 4.78 is 0. The van der Waals surface area contributed by atoms with E-state index in [9.17, 15) is 9.59 Å². The molecule has 0 atom stereocenters. The van der Waals surface area contributed by atoms with Crippen LogP contribution in [-0.2, 0) is 0 Å². The van der Waals surface area contributed by atoms with Crippen LogP contribution in [0.3, 0.4) is 0 Å². The summed E-state index contributed by atoms with van der Waals surface area (Å²) in [6.07, 6.45) is 2.06. The third kappa shape index (κ3) is 4.76. The maximum atomic E-state index is 11.7. The summed E-state index contributed by atoms with van der Waals surface area (Å²) in [7, 11) is 0. The molecule has 146 valence electrons. The van der Waals surface area contributed by atoms with Crippen molar-refractivity contribution >= 4 is 23.5 Å². The highest BCUT2D eigenvalue weighted by molar-refractivity contribution is 5.97. The zero-order chi connectivity index (χ0) is 20.8. The van der Waals surface area contributed by atoms with Crippen LogP contribution in [0, 0.1) is 6.92 Å². The highest BCUT2D eigenvalue weighted by Gasteiger charge is 2.10. The van der Waals surface area contributed by atoms with Crippen LogP contribution >= 0.6 is 0 Å². The lowest BCUT2D eigenvalue weighted by molar-refractivity contribution is 0.0945.